The van der Waals surface area contributed by atoms with E-state index in [-0.39, 0.29) is 23.1 Å². The van der Waals surface area contributed by atoms with Crippen LogP contribution in [0.1, 0.15) is 46.1 Å². The van der Waals surface area contributed by atoms with Crippen molar-refractivity contribution in [3.05, 3.63) is 78.9 Å². The second-order valence-electron chi connectivity index (χ2n) is 8.11. The fourth-order valence-electron chi connectivity index (χ4n) is 3.58. The maximum Gasteiger partial charge on any atom is 0.294 e. The van der Waals surface area contributed by atoms with Gasteiger partial charge in [0.2, 0.25) is 0 Å². The van der Waals surface area contributed by atoms with E-state index in [1.165, 1.54) is 23.5 Å². The largest absolute Gasteiger partial charge is 0.314 e. The molecule has 1 unspecified atom stereocenters. The molecule has 0 fully saturated rings. The molecule has 0 aliphatic carbocycles. The highest BCUT2D eigenvalue weighted by molar-refractivity contribution is 7.07. The van der Waals surface area contributed by atoms with E-state index in [2.05, 4.69) is 25.8 Å². The predicted octanol–water partition coefficient (Wildman–Crippen LogP) is 6.65. The number of benzene rings is 2. The first-order valence-corrected chi connectivity index (χ1v) is 11.4. The summed E-state index contributed by atoms with van der Waals surface area (Å²) >= 11 is 1.37. The van der Waals surface area contributed by atoms with Gasteiger partial charge in [-0.3, -0.25) is 20.2 Å². The Morgan fingerprint density at radius 3 is 2.44 bits per heavy atom. The molecule has 3 rings (SSSR count). The number of nitro benzene ring substituents is 2. The Kier molecular flexibility index (Phi) is 7.53. The molecule has 0 amide bonds. The molecule has 9 heteroatoms. The van der Waals surface area contributed by atoms with Crippen LogP contribution in [0.25, 0.3) is 11.3 Å². The first-order chi connectivity index (χ1) is 15.3. The Balaban J connectivity index is 2.14. The molecule has 0 saturated heterocycles. The lowest BCUT2D eigenvalue weighted by molar-refractivity contribution is -0.384. The van der Waals surface area contributed by atoms with Gasteiger partial charge in [0, 0.05) is 35.2 Å². The number of nitro groups is 2. The maximum absolute atomic E-state index is 11.4. The first kappa shape index (κ1) is 23.3. The fourth-order valence-corrected chi connectivity index (χ4v) is 4.59. The van der Waals surface area contributed by atoms with Gasteiger partial charge in [-0.05, 0) is 25.3 Å². The van der Waals surface area contributed by atoms with Crippen LogP contribution in [0.2, 0.25) is 0 Å². The normalized spacial score (nSPS) is 12.8. The standard InChI is InChI=1S/C23H26N4O4S/c1-16(2)8-6-9-17(3)25-22(18-10-7-11-19(14-18)26(28)29)15-32-23(25)24-20-12-4-5-13-21(20)27(30)31/h4-5,7,10-17H,6,8-9H2,1-3H3. The quantitative estimate of drug-likeness (QED) is 0.266. The molecule has 0 N–H and O–H groups in total. The molecule has 1 atom stereocenters. The summed E-state index contributed by atoms with van der Waals surface area (Å²) in [6.07, 6.45) is 3.03. The highest BCUT2D eigenvalue weighted by Gasteiger charge is 2.18. The molecule has 2 aromatic carbocycles. The fraction of sp³-hybridized carbons (Fsp3) is 0.348. The second kappa shape index (κ2) is 10.3. The molecule has 168 valence electrons. The van der Waals surface area contributed by atoms with Gasteiger partial charge in [0.1, 0.15) is 5.69 Å². The van der Waals surface area contributed by atoms with E-state index in [9.17, 15) is 20.2 Å². The van der Waals surface area contributed by atoms with Crippen LogP contribution in [-0.4, -0.2) is 14.4 Å². The van der Waals surface area contributed by atoms with Crippen molar-refractivity contribution in [3.8, 4) is 11.3 Å². The summed E-state index contributed by atoms with van der Waals surface area (Å²) in [6, 6.07) is 13.0. The van der Waals surface area contributed by atoms with Gasteiger partial charge in [0.05, 0.1) is 15.5 Å². The van der Waals surface area contributed by atoms with Crippen molar-refractivity contribution < 1.29 is 9.85 Å². The second-order valence-corrected chi connectivity index (χ2v) is 8.95. The van der Waals surface area contributed by atoms with Gasteiger partial charge >= 0.3 is 0 Å². The van der Waals surface area contributed by atoms with Crippen molar-refractivity contribution in [2.24, 2.45) is 10.9 Å². The van der Waals surface area contributed by atoms with Gasteiger partial charge < -0.3 is 4.57 Å². The van der Waals surface area contributed by atoms with Crippen LogP contribution in [0.15, 0.2) is 58.9 Å². The van der Waals surface area contributed by atoms with Crippen LogP contribution < -0.4 is 4.80 Å². The number of rotatable bonds is 9. The van der Waals surface area contributed by atoms with Gasteiger partial charge in [0.25, 0.3) is 11.4 Å². The summed E-state index contributed by atoms with van der Waals surface area (Å²) in [6.45, 7) is 6.46. The molecule has 0 aliphatic heterocycles. The summed E-state index contributed by atoms with van der Waals surface area (Å²) in [5, 5.41) is 24.6. The number of para-hydroxylation sites is 2. The van der Waals surface area contributed by atoms with Crippen molar-refractivity contribution >= 4 is 28.4 Å². The van der Waals surface area contributed by atoms with E-state index >= 15 is 0 Å². The van der Waals surface area contributed by atoms with Gasteiger partial charge in [-0.15, -0.1) is 11.3 Å². The van der Waals surface area contributed by atoms with Crippen LogP contribution in [-0.2, 0) is 0 Å². The molecule has 0 saturated carbocycles. The monoisotopic (exact) mass is 454 g/mol. The average Bonchev–Trinajstić information content (AvgIpc) is 3.17. The van der Waals surface area contributed by atoms with E-state index < -0.39 is 9.85 Å². The molecule has 3 aromatic rings. The Morgan fingerprint density at radius 2 is 1.75 bits per heavy atom. The minimum Gasteiger partial charge on any atom is -0.314 e. The lowest BCUT2D eigenvalue weighted by Crippen LogP contribution is -2.20. The van der Waals surface area contributed by atoms with Crippen LogP contribution in [0.5, 0.6) is 0 Å². The average molecular weight is 455 g/mol. The summed E-state index contributed by atoms with van der Waals surface area (Å²) in [7, 11) is 0. The third-order valence-electron chi connectivity index (χ3n) is 5.23. The first-order valence-electron chi connectivity index (χ1n) is 10.5. The highest BCUT2D eigenvalue weighted by Crippen LogP contribution is 2.30. The van der Waals surface area contributed by atoms with E-state index in [1.807, 2.05) is 16.0 Å². The van der Waals surface area contributed by atoms with Gasteiger partial charge in [0.15, 0.2) is 4.80 Å². The maximum atomic E-state index is 11.4. The minimum absolute atomic E-state index is 0.0184. The third kappa shape index (κ3) is 5.47. The van der Waals surface area contributed by atoms with Gasteiger partial charge in [-0.25, -0.2) is 4.99 Å². The summed E-state index contributed by atoms with van der Waals surface area (Å²) in [4.78, 5) is 27.1. The Morgan fingerprint density at radius 1 is 1.00 bits per heavy atom. The predicted molar refractivity (Wildman–Crippen MR) is 126 cm³/mol. The van der Waals surface area contributed by atoms with E-state index in [0.29, 0.717) is 10.7 Å². The SMILES string of the molecule is CC(C)CCCC(C)n1c(-c2cccc([N+](=O)[O-])c2)csc1=Nc1ccccc1[N+](=O)[O-]. The molecule has 0 aliphatic rings. The van der Waals surface area contributed by atoms with Crippen molar-refractivity contribution in [2.75, 3.05) is 0 Å². The lowest BCUT2D eigenvalue weighted by Gasteiger charge is -2.18. The topological polar surface area (TPSA) is 104 Å². The van der Waals surface area contributed by atoms with Crippen LogP contribution in [0.3, 0.4) is 0 Å². The Bertz CT molecular complexity index is 1180. The van der Waals surface area contributed by atoms with Crippen molar-refractivity contribution in [3.63, 3.8) is 0 Å². The Hall–Kier alpha value is -3.33. The molecule has 32 heavy (non-hydrogen) atoms. The van der Waals surface area contributed by atoms with E-state index in [4.69, 9.17) is 0 Å². The van der Waals surface area contributed by atoms with Crippen LogP contribution in [0.4, 0.5) is 17.1 Å². The number of aromatic nitrogens is 1. The molecule has 0 radical (unpaired) electrons. The highest BCUT2D eigenvalue weighted by atomic mass is 32.1. The molecular weight excluding hydrogens is 428 g/mol. The summed E-state index contributed by atoms with van der Waals surface area (Å²) < 4.78 is 2.04. The molecule has 1 aromatic heterocycles. The number of nitrogens with zero attached hydrogens (tertiary/aromatic N) is 4. The smallest absolute Gasteiger partial charge is 0.294 e. The van der Waals surface area contributed by atoms with Crippen LogP contribution >= 0.6 is 11.3 Å². The van der Waals surface area contributed by atoms with Crippen molar-refractivity contribution in [2.45, 2.75) is 46.1 Å². The van der Waals surface area contributed by atoms with Gasteiger partial charge in [-0.1, -0.05) is 51.0 Å². The molecule has 0 bridgehead atoms. The zero-order chi connectivity index (χ0) is 23.3. The minimum atomic E-state index is -0.440. The summed E-state index contributed by atoms with van der Waals surface area (Å²) in [5.41, 5.74) is 1.78. The van der Waals surface area contributed by atoms with Crippen molar-refractivity contribution in [1.29, 1.82) is 0 Å². The molecule has 1 heterocycles. The van der Waals surface area contributed by atoms with Crippen LogP contribution in [0, 0.1) is 26.1 Å². The van der Waals surface area contributed by atoms with E-state index in [1.54, 1.807) is 30.3 Å². The van der Waals surface area contributed by atoms with Gasteiger partial charge in [-0.2, -0.15) is 0 Å². The summed E-state index contributed by atoms with van der Waals surface area (Å²) in [5.74, 6) is 0.599. The third-order valence-corrected chi connectivity index (χ3v) is 6.07. The molecule has 0 spiro atoms. The molecular formula is C23H26N4O4S. The zero-order valence-corrected chi connectivity index (χ0v) is 19.1. The number of hydrogen-bond donors (Lipinski definition) is 0. The van der Waals surface area contributed by atoms with E-state index in [0.717, 1.165) is 30.5 Å². The van der Waals surface area contributed by atoms with Crippen molar-refractivity contribution in [1.82, 2.24) is 4.57 Å². The lowest BCUT2D eigenvalue weighted by atomic mass is 10.0. The number of hydrogen-bond acceptors (Lipinski definition) is 6. The zero-order valence-electron chi connectivity index (χ0n) is 18.3. The number of non-ortho nitro benzene ring substituents is 1. The Labute approximate surface area is 190 Å². The molecule has 8 nitrogen and oxygen atoms in total. The number of thiazole rings is 1.